The number of rotatable bonds is 9. The normalized spacial score (nSPS) is 28.7. The van der Waals surface area contributed by atoms with Crippen molar-refractivity contribution in [2.75, 3.05) is 32.7 Å². The summed E-state index contributed by atoms with van der Waals surface area (Å²) in [4.78, 5) is 18.3. The molecule has 1 amide bonds. The van der Waals surface area contributed by atoms with Crippen LogP contribution in [-0.2, 0) is 16.6 Å². The van der Waals surface area contributed by atoms with E-state index in [2.05, 4.69) is 65.4 Å². The van der Waals surface area contributed by atoms with Crippen LogP contribution in [0.5, 0.6) is 5.75 Å². The Morgan fingerprint density at radius 3 is 2.58 bits per heavy atom. The SMILES string of the molecule is CC1CCN(CCC(=O)N[C@H]2C[C@H]3C[C@@](c4cccc(O)c4)(C2)[C@H](C)CN3CCCc2ccccc2)CC1. The van der Waals surface area contributed by atoms with Crippen molar-refractivity contribution in [1.82, 2.24) is 15.1 Å². The lowest BCUT2D eigenvalue weighted by molar-refractivity contribution is -0.123. The highest BCUT2D eigenvalue weighted by Gasteiger charge is 2.51. The summed E-state index contributed by atoms with van der Waals surface area (Å²) in [5.41, 5.74) is 2.63. The molecule has 0 radical (unpaired) electrons. The molecular weight excluding hydrogens is 470 g/mol. The van der Waals surface area contributed by atoms with E-state index in [1.165, 1.54) is 24.0 Å². The van der Waals surface area contributed by atoms with Gasteiger partial charge < -0.3 is 15.3 Å². The number of phenols is 1. The van der Waals surface area contributed by atoms with Crippen LogP contribution in [0.1, 0.15) is 69.9 Å². The molecule has 4 atom stereocenters. The average molecular weight is 518 g/mol. The molecule has 1 saturated carbocycles. The highest BCUT2D eigenvalue weighted by molar-refractivity contribution is 5.76. The van der Waals surface area contributed by atoms with Gasteiger partial charge in [-0.1, -0.05) is 56.3 Å². The summed E-state index contributed by atoms with van der Waals surface area (Å²) in [6.45, 7) is 9.99. The lowest BCUT2D eigenvalue weighted by atomic mass is 9.57. The van der Waals surface area contributed by atoms with Crippen molar-refractivity contribution in [3.63, 3.8) is 0 Å². The van der Waals surface area contributed by atoms with Crippen LogP contribution in [0.2, 0.25) is 0 Å². The van der Waals surface area contributed by atoms with Crippen LogP contribution >= 0.6 is 0 Å². The van der Waals surface area contributed by atoms with Crippen molar-refractivity contribution in [2.24, 2.45) is 11.8 Å². The van der Waals surface area contributed by atoms with E-state index in [1.807, 2.05) is 12.1 Å². The number of aromatic hydroxyl groups is 1. The molecule has 0 aromatic heterocycles. The van der Waals surface area contributed by atoms with E-state index in [0.29, 0.717) is 24.1 Å². The quantitative estimate of drug-likeness (QED) is 0.469. The zero-order valence-electron chi connectivity index (χ0n) is 23.4. The molecule has 5 heteroatoms. The van der Waals surface area contributed by atoms with Crippen LogP contribution in [0.3, 0.4) is 0 Å². The Hall–Kier alpha value is -2.37. The minimum Gasteiger partial charge on any atom is -0.508 e. The van der Waals surface area contributed by atoms with E-state index in [-0.39, 0.29) is 17.4 Å². The third-order valence-corrected chi connectivity index (χ3v) is 9.81. The molecule has 3 fully saturated rings. The molecule has 0 unspecified atom stereocenters. The van der Waals surface area contributed by atoms with E-state index >= 15 is 0 Å². The number of carbonyl (C=O) groups excluding carboxylic acids is 1. The molecule has 2 N–H and O–H groups in total. The van der Waals surface area contributed by atoms with Gasteiger partial charge in [0.2, 0.25) is 5.91 Å². The van der Waals surface area contributed by atoms with Gasteiger partial charge in [-0.05, 0) is 99.7 Å². The van der Waals surface area contributed by atoms with Gasteiger partial charge in [0.1, 0.15) is 5.75 Å². The minimum absolute atomic E-state index is 0.0153. The number of phenolic OH excluding ortho intramolecular Hbond substituents is 1. The number of benzene rings is 2. The second kappa shape index (κ2) is 12.2. The third kappa shape index (κ3) is 6.43. The van der Waals surface area contributed by atoms with E-state index in [1.54, 1.807) is 6.07 Å². The van der Waals surface area contributed by atoms with Gasteiger partial charge in [-0.2, -0.15) is 0 Å². The van der Waals surface area contributed by atoms with Gasteiger partial charge in [-0.25, -0.2) is 0 Å². The van der Waals surface area contributed by atoms with Gasteiger partial charge in [0.25, 0.3) is 0 Å². The van der Waals surface area contributed by atoms with Crippen LogP contribution in [0, 0.1) is 11.8 Å². The average Bonchev–Trinajstić information content (AvgIpc) is 2.92. The van der Waals surface area contributed by atoms with Gasteiger partial charge in [0.05, 0.1) is 0 Å². The molecule has 5 nitrogen and oxygen atoms in total. The summed E-state index contributed by atoms with van der Waals surface area (Å²) in [6.07, 6.45) is 8.41. The van der Waals surface area contributed by atoms with E-state index < -0.39 is 0 Å². The number of hydrogen-bond donors (Lipinski definition) is 2. The maximum Gasteiger partial charge on any atom is 0.221 e. The zero-order chi connectivity index (χ0) is 26.5. The summed E-state index contributed by atoms with van der Waals surface area (Å²) < 4.78 is 0. The maximum atomic E-state index is 13.1. The number of nitrogens with zero attached hydrogens (tertiary/aromatic N) is 2. The molecule has 2 bridgehead atoms. The summed E-state index contributed by atoms with van der Waals surface area (Å²) in [5.74, 6) is 1.80. The van der Waals surface area contributed by atoms with Gasteiger partial charge in [0.15, 0.2) is 0 Å². The fraction of sp³-hybridized carbons (Fsp3) is 0.606. The van der Waals surface area contributed by atoms with Crippen molar-refractivity contribution in [2.45, 2.75) is 82.7 Å². The standard InChI is InChI=1S/C33H47N3O2/c1-25-13-17-35(18-14-25)19-15-32(38)34-29-21-30-23-33(22-29,28-11-6-12-31(37)20-28)26(2)24-36(30)16-7-10-27-8-4-3-5-9-27/h3-6,8-9,11-12,20,25-26,29-30,37H,7,10,13-19,21-24H2,1-2H3,(H,34,38)/t26-,29+,30+,33+/m1/s1. The van der Waals surface area contributed by atoms with Crippen LogP contribution in [-0.4, -0.2) is 65.6 Å². The van der Waals surface area contributed by atoms with Crippen molar-refractivity contribution in [3.8, 4) is 5.75 Å². The zero-order valence-corrected chi connectivity index (χ0v) is 23.4. The van der Waals surface area contributed by atoms with Gasteiger partial charge in [0, 0.05) is 37.0 Å². The van der Waals surface area contributed by atoms with E-state index in [0.717, 1.165) is 70.7 Å². The number of piperidine rings is 2. The Labute approximate surface area is 229 Å². The minimum atomic E-state index is -0.0153. The molecule has 1 aliphatic carbocycles. The Morgan fingerprint density at radius 2 is 1.82 bits per heavy atom. The molecular formula is C33H47N3O2. The monoisotopic (exact) mass is 517 g/mol. The molecule has 2 heterocycles. The molecule has 38 heavy (non-hydrogen) atoms. The molecule has 3 aliphatic rings. The molecule has 5 rings (SSSR count). The van der Waals surface area contributed by atoms with Crippen LogP contribution in [0.15, 0.2) is 54.6 Å². The number of likely N-dealkylation sites (tertiary alicyclic amines) is 2. The molecule has 2 saturated heterocycles. The van der Waals surface area contributed by atoms with Crippen LogP contribution < -0.4 is 5.32 Å². The Bertz CT molecular complexity index is 1050. The fourth-order valence-electron chi connectivity index (χ4n) is 7.49. The summed E-state index contributed by atoms with van der Waals surface area (Å²) >= 11 is 0. The Morgan fingerprint density at radius 1 is 1.03 bits per heavy atom. The number of nitrogens with one attached hydrogen (secondary N) is 1. The lowest BCUT2D eigenvalue weighted by Gasteiger charge is -2.56. The van der Waals surface area contributed by atoms with Crippen molar-refractivity contribution < 1.29 is 9.90 Å². The number of hydrogen-bond acceptors (Lipinski definition) is 4. The molecule has 2 aromatic carbocycles. The number of fused-ring (bicyclic) bond motifs is 2. The Kier molecular flexibility index (Phi) is 8.74. The predicted octanol–water partition coefficient (Wildman–Crippen LogP) is 5.37. The highest BCUT2D eigenvalue weighted by Crippen LogP contribution is 2.50. The first kappa shape index (κ1) is 27.2. The first-order valence-corrected chi connectivity index (χ1v) is 15.0. The van der Waals surface area contributed by atoms with Crippen LogP contribution in [0.25, 0.3) is 0 Å². The third-order valence-electron chi connectivity index (χ3n) is 9.81. The molecule has 206 valence electrons. The van der Waals surface area contributed by atoms with Crippen molar-refractivity contribution in [3.05, 3.63) is 65.7 Å². The maximum absolute atomic E-state index is 13.1. The number of aryl methyl sites for hydroxylation is 1. The second-order valence-electron chi connectivity index (χ2n) is 12.5. The van der Waals surface area contributed by atoms with Gasteiger partial charge in [-0.15, -0.1) is 0 Å². The largest absolute Gasteiger partial charge is 0.508 e. The Balaban J connectivity index is 1.26. The van der Waals surface area contributed by atoms with E-state index in [9.17, 15) is 9.90 Å². The topological polar surface area (TPSA) is 55.8 Å². The smallest absolute Gasteiger partial charge is 0.221 e. The summed E-state index contributed by atoms with van der Waals surface area (Å²) in [5, 5.41) is 13.8. The van der Waals surface area contributed by atoms with Crippen molar-refractivity contribution >= 4 is 5.91 Å². The first-order valence-electron chi connectivity index (χ1n) is 15.0. The van der Waals surface area contributed by atoms with Gasteiger partial charge in [-0.3, -0.25) is 9.69 Å². The lowest BCUT2D eigenvalue weighted by Crippen LogP contribution is -2.61. The predicted molar refractivity (Wildman–Crippen MR) is 154 cm³/mol. The van der Waals surface area contributed by atoms with Gasteiger partial charge >= 0.3 is 0 Å². The number of amides is 1. The molecule has 0 spiro atoms. The highest BCUT2D eigenvalue weighted by atomic mass is 16.3. The first-order chi connectivity index (χ1) is 18.4. The summed E-state index contributed by atoms with van der Waals surface area (Å²) in [6, 6.07) is 19.3. The fourth-order valence-corrected chi connectivity index (χ4v) is 7.49. The van der Waals surface area contributed by atoms with E-state index in [4.69, 9.17) is 0 Å². The second-order valence-corrected chi connectivity index (χ2v) is 12.5. The number of carbonyl (C=O) groups is 1. The van der Waals surface area contributed by atoms with Crippen molar-refractivity contribution in [1.29, 1.82) is 0 Å². The van der Waals surface area contributed by atoms with Crippen LogP contribution in [0.4, 0.5) is 0 Å². The summed E-state index contributed by atoms with van der Waals surface area (Å²) in [7, 11) is 0. The molecule has 2 aromatic rings. The molecule has 2 aliphatic heterocycles.